The highest BCUT2D eigenvalue weighted by atomic mass is 79.9. The molecule has 0 aliphatic carbocycles. The molecule has 1 unspecified atom stereocenters. The van der Waals surface area contributed by atoms with E-state index in [0.717, 1.165) is 34.6 Å². The molecule has 4 heteroatoms. The second kappa shape index (κ2) is 6.48. The van der Waals surface area contributed by atoms with Crippen molar-refractivity contribution in [2.45, 2.75) is 26.0 Å². The molecule has 0 spiro atoms. The maximum Gasteiger partial charge on any atom is 0.0524 e. The molecule has 0 saturated carbocycles. The van der Waals surface area contributed by atoms with Crippen LogP contribution in [0, 0.1) is 0 Å². The van der Waals surface area contributed by atoms with Gasteiger partial charge in [0.25, 0.3) is 0 Å². The van der Waals surface area contributed by atoms with Crippen LogP contribution in [0.2, 0.25) is 5.02 Å². The van der Waals surface area contributed by atoms with Crippen molar-refractivity contribution < 1.29 is 5.11 Å². The molecule has 0 aliphatic rings. The second-order valence-electron chi connectivity index (χ2n) is 3.55. The Bertz CT molecular complexity index is 317. The molecule has 84 valence electrons. The summed E-state index contributed by atoms with van der Waals surface area (Å²) in [5.74, 6) is 0. The zero-order chi connectivity index (χ0) is 11.3. The standard InChI is InChI=1S/C11H15BrClNO/c1-8(15)4-5-14-7-9-6-10(13)2-3-11(9)12/h2-3,6,8,14-15H,4-5,7H2,1H3. The summed E-state index contributed by atoms with van der Waals surface area (Å²) in [4.78, 5) is 0. The van der Waals surface area contributed by atoms with Crippen molar-refractivity contribution in [1.82, 2.24) is 5.32 Å². The van der Waals surface area contributed by atoms with Crippen LogP contribution in [-0.4, -0.2) is 17.8 Å². The van der Waals surface area contributed by atoms with Crippen LogP contribution >= 0.6 is 27.5 Å². The normalized spacial score (nSPS) is 12.8. The summed E-state index contributed by atoms with van der Waals surface area (Å²) < 4.78 is 1.05. The van der Waals surface area contributed by atoms with Crippen molar-refractivity contribution in [3.05, 3.63) is 33.3 Å². The summed E-state index contributed by atoms with van der Waals surface area (Å²) in [6.45, 7) is 3.35. The molecule has 2 N–H and O–H groups in total. The van der Waals surface area contributed by atoms with E-state index >= 15 is 0 Å². The largest absolute Gasteiger partial charge is 0.393 e. The Morgan fingerprint density at radius 2 is 2.27 bits per heavy atom. The molecular formula is C11H15BrClNO. The molecule has 15 heavy (non-hydrogen) atoms. The Balaban J connectivity index is 2.40. The number of hydrogen-bond acceptors (Lipinski definition) is 2. The monoisotopic (exact) mass is 291 g/mol. The molecule has 0 aromatic heterocycles. The molecule has 1 aromatic rings. The van der Waals surface area contributed by atoms with E-state index in [1.807, 2.05) is 18.2 Å². The van der Waals surface area contributed by atoms with E-state index in [4.69, 9.17) is 16.7 Å². The summed E-state index contributed by atoms with van der Waals surface area (Å²) in [5.41, 5.74) is 1.13. The minimum Gasteiger partial charge on any atom is -0.393 e. The predicted molar refractivity (Wildman–Crippen MR) is 67.2 cm³/mol. The Morgan fingerprint density at radius 1 is 1.53 bits per heavy atom. The zero-order valence-electron chi connectivity index (χ0n) is 8.63. The third kappa shape index (κ3) is 4.98. The Kier molecular flexibility index (Phi) is 5.61. The van der Waals surface area contributed by atoms with Gasteiger partial charge in [-0.1, -0.05) is 27.5 Å². The van der Waals surface area contributed by atoms with Crippen LogP contribution in [0.25, 0.3) is 0 Å². The van der Waals surface area contributed by atoms with Crippen molar-refractivity contribution in [1.29, 1.82) is 0 Å². The highest BCUT2D eigenvalue weighted by molar-refractivity contribution is 9.10. The smallest absolute Gasteiger partial charge is 0.0524 e. The molecule has 0 radical (unpaired) electrons. The van der Waals surface area contributed by atoms with Gasteiger partial charge >= 0.3 is 0 Å². The van der Waals surface area contributed by atoms with Crippen molar-refractivity contribution in [2.75, 3.05) is 6.54 Å². The van der Waals surface area contributed by atoms with Crippen molar-refractivity contribution in [2.24, 2.45) is 0 Å². The third-order valence-corrected chi connectivity index (χ3v) is 3.07. The number of halogens is 2. The summed E-state index contributed by atoms with van der Waals surface area (Å²) >= 11 is 9.35. The molecule has 0 amide bonds. The van der Waals surface area contributed by atoms with Crippen LogP contribution in [0.1, 0.15) is 18.9 Å². The van der Waals surface area contributed by atoms with E-state index in [1.165, 1.54) is 0 Å². The second-order valence-corrected chi connectivity index (χ2v) is 4.84. The number of benzene rings is 1. The highest BCUT2D eigenvalue weighted by Gasteiger charge is 2.01. The van der Waals surface area contributed by atoms with Gasteiger partial charge in [0.1, 0.15) is 0 Å². The Labute approximate surface area is 104 Å². The minimum atomic E-state index is -0.250. The third-order valence-electron chi connectivity index (χ3n) is 2.06. The van der Waals surface area contributed by atoms with Crippen LogP contribution in [0.3, 0.4) is 0 Å². The van der Waals surface area contributed by atoms with Crippen LogP contribution in [0.15, 0.2) is 22.7 Å². The number of rotatable bonds is 5. The van der Waals surface area contributed by atoms with Crippen LogP contribution in [-0.2, 0) is 6.54 Å². The average molecular weight is 293 g/mol. The van der Waals surface area contributed by atoms with Gasteiger partial charge in [0.15, 0.2) is 0 Å². The molecule has 0 bridgehead atoms. The molecule has 0 fully saturated rings. The lowest BCUT2D eigenvalue weighted by atomic mass is 10.2. The average Bonchev–Trinajstić information content (AvgIpc) is 2.17. The highest BCUT2D eigenvalue weighted by Crippen LogP contribution is 2.20. The summed E-state index contributed by atoms with van der Waals surface area (Å²) in [7, 11) is 0. The zero-order valence-corrected chi connectivity index (χ0v) is 11.0. The van der Waals surface area contributed by atoms with Gasteiger partial charge in [-0.25, -0.2) is 0 Å². The van der Waals surface area contributed by atoms with Gasteiger partial charge in [0.2, 0.25) is 0 Å². The lowest BCUT2D eigenvalue weighted by Crippen LogP contribution is -2.18. The predicted octanol–water partition coefficient (Wildman–Crippen LogP) is 2.96. The van der Waals surface area contributed by atoms with Crippen molar-refractivity contribution >= 4 is 27.5 Å². The summed E-state index contributed by atoms with van der Waals surface area (Å²) in [6.07, 6.45) is 0.512. The van der Waals surface area contributed by atoms with Crippen LogP contribution < -0.4 is 5.32 Å². The number of aliphatic hydroxyl groups is 1. The quantitative estimate of drug-likeness (QED) is 0.818. The molecule has 2 nitrogen and oxygen atoms in total. The lowest BCUT2D eigenvalue weighted by molar-refractivity contribution is 0.183. The molecule has 0 aliphatic heterocycles. The van der Waals surface area contributed by atoms with Gasteiger partial charge in [-0.3, -0.25) is 0 Å². The van der Waals surface area contributed by atoms with E-state index in [9.17, 15) is 0 Å². The Hall–Kier alpha value is -0.0900. The SMILES string of the molecule is CC(O)CCNCc1cc(Cl)ccc1Br. The van der Waals surface area contributed by atoms with E-state index < -0.39 is 0 Å². The van der Waals surface area contributed by atoms with Crippen LogP contribution in [0.4, 0.5) is 0 Å². The summed E-state index contributed by atoms with van der Waals surface area (Å²) in [5, 5.41) is 13.1. The topological polar surface area (TPSA) is 32.3 Å². The number of nitrogens with one attached hydrogen (secondary N) is 1. The fourth-order valence-corrected chi connectivity index (χ4v) is 1.79. The molecule has 1 rings (SSSR count). The van der Waals surface area contributed by atoms with Crippen molar-refractivity contribution in [3.63, 3.8) is 0 Å². The lowest BCUT2D eigenvalue weighted by Gasteiger charge is -2.08. The van der Waals surface area contributed by atoms with Gasteiger partial charge < -0.3 is 10.4 Å². The van der Waals surface area contributed by atoms with Gasteiger partial charge in [0.05, 0.1) is 6.10 Å². The van der Waals surface area contributed by atoms with Crippen molar-refractivity contribution in [3.8, 4) is 0 Å². The maximum atomic E-state index is 9.08. The van der Waals surface area contributed by atoms with E-state index in [0.29, 0.717) is 0 Å². The fraction of sp³-hybridized carbons (Fsp3) is 0.455. The first kappa shape index (κ1) is 13.0. The van der Waals surface area contributed by atoms with Gasteiger partial charge in [-0.15, -0.1) is 0 Å². The van der Waals surface area contributed by atoms with Crippen LogP contribution in [0.5, 0.6) is 0 Å². The first-order valence-corrected chi connectivity index (χ1v) is 6.09. The first-order chi connectivity index (χ1) is 7.09. The molecule has 0 heterocycles. The van der Waals surface area contributed by atoms with Gasteiger partial charge in [0, 0.05) is 16.0 Å². The fourth-order valence-electron chi connectivity index (χ4n) is 1.21. The van der Waals surface area contributed by atoms with Gasteiger partial charge in [-0.05, 0) is 43.7 Å². The van der Waals surface area contributed by atoms with E-state index in [1.54, 1.807) is 6.92 Å². The maximum absolute atomic E-state index is 9.08. The number of aliphatic hydroxyl groups excluding tert-OH is 1. The number of hydrogen-bond donors (Lipinski definition) is 2. The molecule has 1 aromatic carbocycles. The first-order valence-electron chi connectivity index (χ1n) is 4.92. The molecular weight excluding hydrogens is 277 g/mol. The van der Waals surface area contributed by atoms with E-state index in [2.05, 4.69) is 21.2 Å². The van der Waals surface area contributed by atoms with E-state index in [-0.39, 0.29) is 6.10 Å². The molecule has 0 saturated heterocycles. The minimum absolute atomic E-state index is 0.250. The van der Waals surface area contributed by atoms with Gasteiger partial charge in [-0.2, -0.15) is 0 Å². The summed E-state index contributed by atoms with van der Waals surface area (Å²) in [6, 6.07) is 5.72. The Morgan fingerprint density at radius 3 is 2.93 bits per heavy atom. The molecule has 1 atom stereocenters.